The third-order valence-corrected chi connectivity index (χ3v) is 8.63. The van der Waals surface area contributed by atoms with Crippen LogP contribution in [0.25, 0.3) is 27.7 Å². The number of carbonyl (C=O) groups is 1. The summed E-state index contributed by atoms with van der Waals surface area (Å²) < 4.78 is 0. The van der Waals surface area contributed by atoms with Gasteiger partial charge >= 0.3 is 0 Å². The number of aromatic nitrogens is 3. The van der Waals surface area contributed by atoms with E-state index in [1.165, 1.54) is 23.0 Å². The third kappa shape index (κ3) is 6.49. The van der Waals surface area contributed by atoms with Gasteiger partial charge < -0.3 is 10.3 Å². The summed E-state index contributed by atoms with van der Waals surface area (Å²) in [5.74, 6) is -0.242. The maximum absolute atomic E-state index is 12.5. The van der Waals surface area contributed by atoms with Gasteiger partial charge in [-0.15, -0.1) is 11.3 Å². The average Bonchev–Trinajstić information content (AvgIpc) is 3.48. The highest BCUT2D eigenvalue weighted by atomic mass is 32.1. The quantitative estimate of drug-likeness (QED) is 0.222. The van der Waals surface area contributed by atoms with Crippen molar-refractivity contribution in [2.45, 2.75) is 44.8 Å². The molecule has 1 aliphatic carbocycles. The van der Waals surface area contributed by atoms with E-state index in [4.69, 9.17) is 4.98 Å². The fourth-order valence-electron chi connectivity index (χ4n) is 5.54. The molecule has 4 aromatic rings. The lowest BCUT2D eigenvalue weighted by Crippen LogP contribution is -2.41. The number of allylic oxidation sites excluding steroid dienone is 4. The number of thiazole rings is 1. The first-order valence-corrected chi connectivity index (χ1v) is 15.3. The molecule has 1 amide bonds. The Labute approximate surface area is 248 Å². The van der Waals surface area contributed by atoms with Crippen LogP contribution in [0.1, 0.15) is 42.5 Å². The molecule has 42 heavy (non-hydrogen) atoms. The fraction of sp³-hybridized carbons (Fsp3) is 0.273. The second kappa shape index (κ2) is 12.8. The van der Waals surface area contributed by atoms with Gasteiger partial charge in [0.05, 0.1) is 22.3 Å². The third-order valence-electron chi connectivity index (χ3n) is 7.82. The maximum atomic E-state index is 12.5. The Morgan fingerprint density at radius 3 is 2.74 bits per heavy atom. The van der Waals surface area contributed by atoms with E-state index in [1.54, 1.807) is 6.20 Å². The molecule has 0 unspecified atom stereocenters. The van der Waals surface area contributed by atoms with Crippen LogP contribution in [0.2, 0.25) is 0 Å². The van der Waals surface area contributed by atoms with Crippen LogP contribution in [-0.4, -0.2) is 44.9 Å². The zero-order valence-corrected chi connectivity index (χ0v) is 24.3. The monoisotopic (exact) mass is 578 g/mol. The molecular weight excluding hydrogens is 544 g/mol. The standard InChI is InChI=1S/C33H34N6O2S/c1-2-30(40)38-33-36-26(21-42-33)19-35-25-13-16-39(17-14-25)20-22-8-10-24(11-9-22)31-27(23-6-4-3-5-7-23)18-28-29(37-31)12-15-34-32(28)41/h2,4,6-12,15,18,21,25,35H,1,3,5,13-14,16-17,19-20H2,(H,34,41)(H,36,38,40). The van der Waals surface area contributed by atoms with E-state index < -0.39 is 0 Å². The minimum Gasteiger partial charge on any atom is -0.328 e. The Kier molecular flexibility index (Phi) is 8.50. The van der Waals surface area contributed by atoms with Crippen molar-refractivity contribution in [1.82, 2.24) is 25.2 Å². The predicted octanol–water partition coefficient (Wildman–Crippen LogP) is 5.66. The number of amides is 1. The number of benzene rings is 1. The number of anilines is 1. The minimum absolute atomic E-state index is 0.117. The Bertz CT molecular complexity index is 1710. The summed E-state index contributed by atoms with van der Waals surface area (Å²) in [6, 6.07) is 13.0. The van der Waals surface area contributed by atoms with E-state index in [0.29, 0.717) is 28.6 Å². The first-order valence-electron chi connectivity index (χ1n) is 14.4. The number of rotatable bonds is 9. The smallest absolute Gasteiger partial charge is 0.257 e. The number of likely N-dealkylation sites (tertiary alicyclic amines) is 1. The Balaban J connectivity index is 1.08. The van der Waals surface area contributed by atoms with Crippen molar-refractivity contribution in [3.63, 3.8) is 0 Å². The van der Waals surface area contributed by atoms with Crippen molar-refractivity contribution < 1.29 is 4.79 Å². The van der Waals surface area contributed by atoms with Crippen LogP contribution in [-0.2, 0) is 17.9 Å². The minimum atomic E-state index is -0.242. The summed E-state index contributed by atoms with van der Waals surface area (Å²) in [6.07, 6.45) is 13.6. The van der Waals surface area contributed by atoms with Crippen LogP contribution < -0.4 is 16.2 Å². The lowest BCUT2D eigenvalue weighted by Gasteiger charge is -2.32. The van der Waals surface area contributed by atoms with E-state index in [1.807, 2.05) is 17.5 Å². The lowest BCUT2D eigenvalue weighted by molar-refractivity contribution is -0.111. The van der Waals surface area contributed by atoms with Gasteiger partial charge in [-0.2, -0.15) is 0 Å². The number of carbonyl (C=O) groups excluding carboxylic acids is 1. The van der Waals surface area contributed by atoms with Gasteiger partial charge in [-0.3, -0.25) is 19.8 Å². The highest BCUT2D eigenvalue weighted by Crippen LogP contribution is 2.32. The molecule has 0 bridgehead atoms. The van der Waals surface area contributed by atoms with Gasteiger partial charge in [0.2, 0.25) is 5.91 Å². The molecule has 1 aromatic carbocycles. The van der Waals surface area contributed by atoms with Crippen LogP contribution in [0, 0.1) is 0 Å². The second-order valence-electron chi connectivity index (χ2n) is 10.7. The van der Waals surface area contributed by atoms with Crippen molar-refractivity contribution in [2.24, 2.45) is 0 Å². The summed E-state index contributed by atoms with van der Waals surface area (Å²) in [5, 5.41) is 9.52. The molecule has 8 nitrogen and oxygen atoms in total. The number of pyridine rings is 2. The largest absolute Gasteiger partial charge is 0.328 e. The summed E-state index contributed by atoms with van der Waals surface area (Å²) in [7, 11) is 0. The number of nitrogens with zero attached hydrogens (tertiary/aromatic N) is 3. The van der Waals surface area contributed by atoms with E-state index >= 15 is 0 Å². The van der Waals surface area contributed by atoms with E-state index in [9.17, 15) is 9.59 Å². The van der Waals surface area contributed by atoms with Crippen LogP contribution in [0.3, 0.4) is 0 Å². The lowest BCUT2D eigenvalue weighted by atomic mass is 9.94. The molecule has 0 saturated carbocycles. The SMILES string of the molecule is C=CC(=O)Nc1nc(CNC2CCN(Cc3ccc(-c4nc5cc[nH]c(=O)c5cc4C4=CCCC=C4)cc3)CC2)cs1. The molecule has 3 N–H and O–H groups in total. The summed E-state index contributed by atoms with van der Waals surface area (Å²) in [5.41, 5.74) is 6.86. The number of hydrogen-bond acceptors (Lipinski definition) is 7. The van der Waals surface area contributed by atoms with Gasteiger partial charge in [0.15, 0.2) is 5.13 Å². The highest BCUT2D eigenvalue weighted by Gasteiger charge is 2.20. The van der Waals surface area contributed by atoms with Crippen LogP contribution in [0.15, 0.2) is 83.7 Å². The number of aromatic amines is 1. The Hall–Kier alpha value is -4.18. The molecule has 0 spiro atoms. The molecule has 0 radical (unpaired) electrons. The van der Waals surface area contributed by atoms with Crippen molar-refractivity contribution in [2.75, 3.05) is 18.4 Å². The molecule has 1 saturated heterocycles. The summed E-state index contributed by atoms with van der Waals surface area (Å²) >= 11 is 1.43. The van der Waals surface area contributed by atoms with Crippen molar-refractivity contribution in [1.29, 1.82) is 0 Å². The second-order valence-corrected chi connectivity index (χ2v) is 11.6. The van der Waals surface area contributed by atoms with E-state index in [0.717, 1.165) is 73.4 Å². The number of piperidine rings is 1. The average molecular weight is 579 g/mol. The summed E-state index contributed by atoms with van der Waals surface area (Å²) in [4.78, 5) is 38.7. The fourth-order valence-corrected chi connectivity index (χ4v) is 6.25. The molecule has 0 atom stereocenters. The van der Waals surface area contributed by atoms with Gasteiger partial charge in [0.1, 0.15) is 0 Å². The van der Waals surface area contributed by atoms with Crippen LogP contribution >= 0.6 is 11.3 Å². The molecule has 4 heterocycles. The number of hydrogen-bond donors (Lipinski definition) is 3. The van der Waals surface area contributed by atoms with Crippen molar-refractivity contribution in [3.05, 3.63) is 106 Å². The molecule has 2 aliphatic rings. The normalized spacial score (nSPS) is 16.0. The number of H-pyrrole nitrogens is 1. The van der Waals surface area contributed by atoms with E-state index in [2.05, 4.69) is 74.6 Å². The molecule has 3 aromatic heterocycles. The van der Waals surface area contributed by atoms with Gasteiger partial charge in [0.25, 0.3) is 5.56 Å². The van der Waals surface area contributed by atoms with Crippen LogP contribution in [0.5, 0.6) is 0 Å². The zero-order chi connectivity index (χ0) is 28.9. The molecule has 9 heteroatoms. The predicted molar refractivity (Wildman–Crippen MR) is 170 cm³/mol. The van der Waals surface area contributed by atoms with Crippen molar-refractivity contribution in [3.8, 4) is 11.3 Å². The molecule has 1 fully saturated rings. The topological polar surface area (TPSA) is 103 Å². The van der Waals surface area contributed by atoms with Gasteiger partial charge in [0, 0.05) is 41.8 Å². The van der Waals surface area contributed by atoms with Gasteiger partial charge in [-0.25, -0.2) is 9.97 Å². The Morgan fingerprint density at radius 1 is 1.14 bits per heavy atom. The first kappa shape index (κ1) is 28.0. The maximum Gasteiger partial charge on any atom is 0.257 e. The van der Waals surface area contributed by atoms with Gasteiger partial charge in [-0.1, -0.05) is 49.1 Å². The number of nitrogens with one attached hydrogen (secondary N) is 3. The first-order chi connectivity index (χ1) is 20.6. The molecular formula is C33H34N6O2S. The highest BCUT2D eigenvalue weighted by molar-refractivity contribution is 7.13. The van der Waals surface area contributed by atoms with Gasteiger partial charge in [-0.05, 0) is 68.1 Å². The zero-order valence-electron chi connectivity index (χ0n) is 23.4. The molecule has 1 aliphatic heterocycles. The number of fused-ring (bicyclic) bond motifs is 1. The van der Waals surface area contributed by atoms with Crippen LogP contribution in [0.4, 0.5) is 5.13 Å². The summed E-state index contributed by atoms with van der Waals surface area (Å²) in [6.45, 7) is 7.14. The van der Waals surface area contributed by atoms with Crippen molar-refractivity contribution >= 4 is 38.9 Å². The molecule has 6 rings (SSSR count). The van der Waals surface area contributed by atoms with E-state index in [-0.39, 0.29) is 11.5 Å². The molecule has 214 valence electrons. The Morgan fingerprint density at radius 2 is 1.98 bits per heavy atom.